The second-order valence-electron chi connectivity index (χ2n) is 5.53. The first kappa shape index (κ1) is 14.0. The largest absolute Gasteiger partial charge is 0.354 e. The lowest BCUT2D eigenvalue weighted by Gasteiger charge is -2.33. The number of likely N-dealkylation sites (N-methyl/N-ethyl adjacent to an activating group) is 1. The van der Waals surface area contributed by atoms with Crippen molar-refractivity contribution in [2.24, 2.45) is 0 Å². The van der Waals surface area contributed by atoms with Gasteiger partial charge in [0.05, 0.1) is 5.69 Å². The third-order valence-corrected chi connectivity index (χ3v) is 3.94. The average molecular weight is 284 g/mol. The summed E-state index contributed by atoms with van der Waals surface area (Å²) in [7, 11) is 2.13. The van der Waals surface area contributed by atoms with Gasteiger partial charge in [0.1, 0.15) is 11.6 Å². The molecule has 0 unspecified atom stereocenters. The Morgan fingerprint density at radius 2 is 1.76 bits per heavy atom. The van der Waals surface area contributed by atoms with Crippen LogP contribution in [-0.2, 0) is 0 Å². The number of hydrogen-bond donors (Lipinski definition) is 0. The Morgan fingerprint density at radius 3 is 2.43 bits per heavy atom. The zero-order valence-electron chi connectivity index (χ0n) is 12.4. The van der Waals surface area contributed by atoms with Gasteiger partial charge in [-0.05, 0) is 55.9 Å². The van der Waals surface area contributed by atoms with E-state index in [4.69, 9.17) is 4.98 Å². The summed E-state index contributed by atoms with van der Waals surface area (Å²) < 4.78 is 13.1. The summed E-state index contributed by atoms with van der Waals surface area (Å²) in [5, 5.41) is 0. The van der Waals surface area contributed by atoms with E-state index < -0.39 is 0 Å². The summed E-state index contributed by atoms with van der Waals surface area (Å²) in [6, 6.07) is 11.7. The maximum atomic E-state index is 13.1. The van der Waals surface area contributed by atoms with Crippen molar-refractivity contribution in [3.05, 3.63) is 47.8 Å². The SMILES string of the molecule is Cc1[c]cc(N2CCN(C)CC2)nc1-c1ccc(F)cc1. The number of hydrogen-bond acceptors (Lipinski definition) is 3. The number of benzene rings is 1. The number of pyridine rings is 1. The molecular formula is C17H19FN3. The van der Waals surface area contributed by atoms with Crippen molar-refractivity contribution in [2.75, 3.05) is 38.1 Å². The molecule has 2 aromatic rings. The summed E-state index contributed by atoms with van der Waals surface area (Å²) >= 11 is 0. The Labute approximate surface area is 125 Å². The lowest BCUT2D eigenvalue weighted by atomic mass is 10.1. The molecule has 2 heterocycles. The van der Waals surface area contributed by atoms with E-state index in [1.54, 1.807) is 12.1 Å². The van der Waals surface area contributed by atoms with Gasteiger partial charge in [-0.15, -0.1) is 0 Å². The van der Waals surface area contributed by atoms with E-state index in [2.05, 4.69) is 22.9 Å². The number of aryl methyl sites for hydroxylation is 1. The Bertz CT molecular complexity index is 616. The van der Waals surface area contributed by atoms with Crippen LogP contribution in [-0.4, -0.2) is 43.1 Å². The molecule has 0 N–H and O–H groups in total. The molecule has 1 aliphatic rings. The molecule has 1 aromatic heterocycles. The van der Waals surface area contributed by atoms with Gasteiger partial charge in [0.15, 0.2) is 0 Å². The van der Waals surface area contributed by atoms with Gasteiger partial charge >= 0.3 is 0 Å². The molecule has 1 saturated heterocycles. The standard InChI is InChI=1S/C17H19FN3/c1-13-3-8-16(21-11-9-20(2)10-12-21)19-17(13)14-4-6-15(18)7-5-14/h4-8H,9-12H2,1-2H3. The van der Waals surface area contributed by atoms with E-state index >= 15 is 0 Å². The number of halogens is 1. The Morgan fingerprint density at radius 1 is 1.10 bits per heavy atom. The fourth-order valence-corrected chi connectivity index (χ4v) is 2.56. The molecule has 1 aliphatic heterocycles. The predicted molar refractivity (Wildman–Crippen MR) is 82.9 cm³/mol. The van der Waals surface area contributed by atoms with Crippen LogP contribution in [0.5, 0.6) is 0 Å². The van der Waals surface area contributed by atoms with Crippen molar-refractivity contribution in [1.29, 1.82) is 0 Å². The third-order valence-electron chi connectivity index (χ3n) is 3.94. The van der Waals surface area contributed by atoms with Crippen LogP contribution in [0.3, 0.4) is 0 Å². The van der Waals surface area contributed by atoms with Gasteiger partial charge in [-0.25, -0.2) is 9.37 Å². The molecule has 3 nitrogen and oxygen atoms in total. The average Bonchev–Trinajstić information content (AvgIpc) is 2.50. The zero-order valence-corrected chi connectivity index (χ0v) is 12.4. The lowest BCUT2D eigenvalue weighted by molar-refractivity contribution is 0.312. The van der Waals surface area contributed by atoms with Crippen molar-refractivity contribution in [3.8, 4) is 11.3 Å². The second kappa shape index (κ2) is 5.82. The van der Waals surface area contributed by atoms with Crippen molar-refractivity contribution in [2.45, 2.75) is 6.92 Å². The topological polar surface area (TPSA) is 19.4 Å². The molecule has 3 rings (SSSR count). The number of rotatable bonds is 2. The third kappa shape index (κ3) is 3.05. The Balaban J connectivity index is 1.91. The van der Waals surface area contributed by atoms with Gasteiger partial charge < -0.3 is 9.80 Å². The van der Waals surface area contributed by atoms with Gasteiger partial charge in [-0.1, -0.05) is 0 Å². The summed E-state index contributed by atoms with van der Waals surface area (Å²) in [5.74, 6) is 0.726. The van der Waals surface area contributed by atoms with Gasteiger partial charge in [-0.2, -0.15) is 0 Å². The first-order chi connectivity index (χ1) is 10.1. The van der Waals surface area contributed by atoms with Crippen LogP contribution in [0, 0.1) is 18.8 Å². The van der Waals surface area contributed by atoms with E-state index in [0.717, 1.165) is 48.8 Å². The molecule has 21 heavy (non-hydrogen) atoms. The van der Waals surface area contributed by atoms with E-state index in [9.17, 15) is 4.39 Å². The molecule has 109 valence electrons. The van der Waals surface area contributed by atoms with Gasteiger partial charge in [-0.3, -0.25) is 0 Å². The van der Waals surface area contributed by atoms with Crippen LogP contribution in [0.1, 0.15) is 5.56 Å². The molecule has 0 aliphatic carbocycles. The monoisotopic (exact) mass is 284 g/mol. The fraction of sp³-hybridized carbons (Fsp3) is 0.353. The van der Waals surface area contributed by atoms with Crippen molar-refractivity contribution in [3.63, 3.8) is 0 Å². The number of anilines is 1. The number of aromatic nitrogens is 1. The zero-order chi connectivity index (χ0) is 14.8. The Kier molecular flexibility index (Phi) is 3.88. The number of nitrogens with zero attached hydrogens (tertiary/aromatic N) is 3. The van der Waals surface area contributed by atoms with Gasteiger partial charge in [0.2, 0.25) is 0 Å². The van der Waals surface area contributed by atoms with E-state index in [-0.39, 0.29) is 5.82 Å². The van der Waals surface area contributed by atoms with E-state index in [0.29, 0.717) is 0 Å². The van der Waals surface area contributed by atoms with Crippen LogP contribution in [0.25, 0.3) is 11.3 Å². The highest BCUT2D eigenvalue weighted by Crippen LogP contribution is 2.24. The summed E-state index contributed by atoms with van der Waals surface area (Å²) in [6.07, 6.45) is 0. The first-order valence-electron chi connectivity index (χ1n) is 7.22. The number of piperazine rings is 1. The molecule has 1 aromatic carbocycles. The first-order valence-corrected chi connectivity index (χ1v) is 7.22. The molecule has 1 fully saturated rings. The molecule has 0 spiro atoms. The lowest BCUT2D eigenvalue weighted by Crippen LogP contribution is -2.44. The van der Waals surface area contributed by atoms with Crippen LogP contribution >= 0.6 is 0 Å². The normalized spacial score (nSPS) is 16.2. The Hall–Kier alpha value is -1.94. The second-order valence-corrected chi connectivity index (χ2v) is 5.53. The predicted octanol–water partition coefficient (Wildman–Crippen LogP) is 2.75. The van der Waals surface area contributed by atoms with Crippen molar-refractivity contribution < 1.29 is 4.39 Å². The van der Waals surface area contributed by atoms with Crippen molar-refractivity contribution in [1.82, 2.24) is 9.88 Å². The molecular weight excluding hydrogens is 265 g/mol. The van der Waals surface area contributed by atoms with Gasteiger partial charge in [0.25, 0.3) is 0 Å². The quantitative estimate of drug-likeness (QED) is 0.845. The van der Waals surface area contributed by atoms with Crippen LogP contribution in [0.2, 0.25) is 0 Å². The van der Waals surface area contributed by atoms with Crippen LogP contribution in [0.15, 0.2) is 30.3 Å². The van der Waals surface area contributed by atoms with Gasteiger partial charge in [0, 0.05) is 31.7 Å². The van der Waals surface area contributed by atoms with Crippen LogP contribution < -0.4 is 4.90 Å². The molecule has 1 radical (unpaired) electrons. The maximum Gasteiger partial charge on any atom is 0.129 e. The molecule has 4 heteroatoms. The fourth-order valence-electron chi connectivity index (χ4n) is 2.56. The molecule has 0 bridgehead atoms. The highest BCUT2D eigenvalue weighted by Gasteiger charge is 2.16. The summed E-state index contributed by atoms with van der Waals surface area (Å²) in [6.45, 7) is 6.02. The molecule has 0 atom stereocenters. The minimum absolute atomic E-state index is 0.226. The highest BCUT2D eigenvalue weighted by molar-refractivity contribution is 5.65. The summed E-state index contributed by atoms with van der Waals surface area (Å²) in [4.78, 5) is 9.37. The molecule has 0 amide bonds. The molecule has 0 saturated carbocycles. The smallest absolute Gasteiger partial charge is 0.129 e. The minimum Gasteiger partial charge on any atom is -0.354 e. The summed E-state index contributed by atoms with van der Waals surface area (Å²) in [5.41, 5.74) is 2.80. The van der Waals surface area contributed by atoms with E-state index in [1.807, 2.05) is 13.0 Å². The maximum absolute atomic E-state index is 13.1. The van der Waals surface area contributed by atoms with Crippen molar-refractivity contribution >= 4 is 5.82 Å². The van der Waals surface area contributed by atoms with Crippen LogP contribution in [0.4, 0.5) is 10.2 Å². The minimum atomic E-state index is -0.226. The van der Waals surface area contributed by atoms with E-state index in [1.165, 1.54) is 12.1 Å². The highest BCUT2D eigenvalue weighted by atomic mass is 19.1.